The molecular weight excluding hydrogens is 318 g/mol. The highest BCUT2D eigenvalue weighted by atomic mass is 79.9. The van der Waals surface area contributed by atoms with Gasteiger partial charge >= 0.3 is 5.97 Å². The first-order valence-electron chi connectivity index (χ1n) is 5.78. The molecule has 1 aromatic carbocycles. The van der Waals surface area contributed by atoms with Crippen molar-refractivity contribution in [2.24, 2.45) is 0 Å². The van der Waals surface area contributed by atoms with Gasteiger partial charge in [-0.2, -0.15) is 0 Å². The summed E-state index contributed by atoms with van der Waals surface area (Å²) in [6.45, 7) is 4.07. The van der Waals surface area contributed by atoms with E-state index < -0.39 is 6.04 Å². The Kier molecular flexibility index (Phi) is 6.12. The molecule has 0 saturated heterocycles. The minimum atomic E-state index is -0.537. The van der Waals surface area contributed by atoms with Gasteiger partial charge in [0.25, 0.3) is 0 Å². The molecule has 1 aromatic rings. The number of ether oxygens (including phenoxy) is 1. The third-order valence-electron chi connectivity index (χ3n) is 2.77. The Balaban J connectivity index is 3.05. The number of benzene rings is 1. The van der Waals surface area contributed by atoms with E-state index in [1.165, 1.54) is 7.11 Å². The predicted octanol–water partition coefficient (Wildman–Crippen LogP) is 3.70. The third-order valence-corrected chi connectivity index (χ3v) is 3.59. The van der Waals surface area contributed by atoms with Gasteiger partial charge in [-0.3, -0.25) is 5.32 Å². The Morgan fingerprint density at radius 3 is 2.72 bits per heavy atom. The maximum absolute atomic E-state index is 11.8. The summed E-state index contributed by atoms with van der Waals surface area (Å²) in [6, 6.07) is 5.11. The SMILES string of the molecule is CCC(C)NC(C(=O)OC)c1ccc(Br)cc1Cl. The second-order valence-corrected chi connectivity index (χ2v) is 5.42. The van der Waals surface area contributed by atoms with Crippen molar-refractivity contribution in [3.8, 4) is 0 Å². The minimum absolute atomic E-state index is 0.203. The van der Waals surface area contributed by atoms with Gasteiger partial charge in [-0.15, -0.1) is 0 Å². The predicted molar refractivity (Wildman–Crippen MR) is 76.8 cm³/mol. The summed E-state index contributed by atoms with van der Waals surface area (Å²) in [5.74, 6) is -0.334. The van der Waals surface area contributed by atoms with Crippen molar-refractivity contribution in [2.45, 2.75) is 32.4 Å². The van der Waals surface area contributed by atoms with Crippen molar-refractivity contribution in [3.05, 3.63) is 33.3 Å². The molecule has 100 valence electrons. The second-order valence-electron chi connectivity index (χ2n) is 4.10. The lowest BCUT2D eigenvalue weighted by atomic mass is 10.1. The normalized spacial score (nSPS) is 14.1. The Bertz CT molecular complexity index is 425. The lowest BCUT2D eigenvalue weighted by molar-refractivity contribution is -0.143. The first-order chi connectivity index (χ1) is 8.49. The van der Waals surface area contributed by atoms with Crippen LogP contribution in [-0.4, -0.2) is 19.1 Å². The zero-order valence-corrected chi connectivity index (χ0v) is 13.0. The molecule has 1 rings (SSSR count). The van der Waals surface area contributed by atoms with Gasteiger partial charge in [-0.25, -0.2) is 4.79 Å². The standard InChI is InChI=1S/C13H17BrClNO2/c1-4-8(2)16-12(13(17)18-3)10-6-5-9(14)7-11(10)15/h5-8,12,16H,4H2,1-3H3. The zero-order valence-electron chi connectivity index (χ0n) is 10.7. The van der Waals surface area contributed by atoms with Gasteiger partial charge in [0, 0.05) is 15.5 Å². The lowest BCUT2D eigenvalue weighted by Crippen LogP contribution is -2.35. The van der Waals surface area contributed by atoms with E-state index in [-0.39, 0.29) is 12.0 Å². The van der Waals surface area contributed by atoms with E-state index in [9.17, 15) is 4.79 Å². The average Bonchev–Trinajstić information content (AvgIpc) is 2.35. The topological polar surface area (TPSA) is 38.3 Å². The summed E-state index contributed by atoms with van der Waals surface area (Å²) >= 11 is 9.52. The van der Waals surface area contributed by atoms with Gasteiger partial charge in [0.15, 0.2) is 0 Å². The highest BCUT2D eigenvalue weighted by Gasteiger charge is 2.24. The van der Waals surface area contributed by atoms with Gasteiger partial charge < -0.3 is 4.74 Å². The van der Waals surface area contributed by atoms with Gasteiger partial charge in [0.05, 0.1) is 7.11 Å². The summed E-state index contributed by atoms with van der Waals surface area (Å²) in [4.78, 5) is 11.8. The summed E-state index contributed by atoms with van der Waals surface area (Å²) in [5.41, 5.74) is 0.729. The molecule has 18 heavy (non-hydrogen) atoms. The average molecular weight is 335 g/mol. The van der Waals surface area contributed by atoms with Crippen LogP contribution in [0.1, 0.15) is 31.9 Å². The third kappa shape index (κ3) is 3.97. The Hall–Kier alpha value is -0.580. The molecule has 0 bridgehead atoms. The smallest absolute Gasteiger partial charge is 0.327 e. The van der Waals surface area contributed by atoms with Crippen molar-refractivity contribution in [3.63, 3.8) is 0 Å². The first kappa shape index (κ1) is 15.5. The molecule has 0 aliphatic rings. The summed E-state index contributed by atoms with van der Waals surface area (Å²) in [5, 5.41) is 3.76. The minimum Gasteiger partial charge on any atom is -0.468 e. The molecule has 0 radical (unpaired) electrons. The molecule has 2 unspecified atom stereocenters. The van der Waals surface area contributed by atoms with Crippen molar-refractivity contribution < 1.29 is 9.53 Å². The lowest BCUT2D eigenvalue weighted by Gasteiger charge is -2.21. The Morgan fingerprint density at radius 2 is 2.22 bits per heavy atom. The molecule has 1 N–H and O–H groups in total. The van der Waals surface area contributed by atoms with Crippen LogP contribution in [0.5, 0.6) is 0 Å². The molecular formula is C13H17BrClNO2. The van der Waals surface area contributed by atoms with Crippen molar-refractivity contribution >= 4 is 33.5 Å². The maximum atomic E-state index is 11.8. The Morgan fingerprint density at radius 1 is 1.56 bits per heavy atom. The van der Waals surface area contributed by atoms with E-state index in [1.807, 2.05) is 19.1 Å². The van der Waals surface area contributed by atoms with Crippen molar-refractivity contribution in [1.82, 2.24) is 5.32 Å². The molecule has 3 nitrogen and oxygen atoms in total. The van der Waals surface area contributed by atoms with E-state index in [0.29, 0.717) is 5.02 Å². The van der Waals surface area contributed by atoms with Gasteiger partial charge in [-0.05, 0) is 31.0 Å². The first-order valence-corrected chi connectivity index (χ1v) is 6.95. The van der Waals surface area contributed by atoms with Crippen LogP contribution < -0.4 is 5.32 Å². The van der Waals surface area contributed by atoms with Crippen LogP contribution in [0, 0.1) is 0 Å². The van der Waals surface area contributed by atoms with Crippen LogP contribution >= 0.6 is 27.5 Å². The van der Waals surface area contributed by atoms with E-state index in [4.69, 9.17) is 16.3 Å². The molecule has 0 saturated carbocycles. The van der Waals surface area contributed by atoms with Crippen LogP contribution in [0.2, 0.25) is 5.02 Å². The van der Waals surface area contributed by atoms with Gasteiger partial charge in [-0.1, -0.05) is 40.5 Å². The van der Waals surface area contributed by atoms with Crippen LogP contribution in [-0.2, 0) is 9.53 Å². The quantitative estimate of drug-likeness (QED) is 0.834. The molecule has 0 aromatic heterocycles. The van der Waals surface area contributed by atoms with E-state index in [1.54, 1.807) is 6.07 Å². The van der Waals surface area contributed by atoms with E-state index >= 15 is 0 Å². The number of carbonyl (C=O) groups excluding carboxylic acids is 1. The summed E-state index contributed by atoms with van der Waals surface area (Å²) < 4.78 is 5.70. The van der Waals surface area contributed by atoms with E-state index in [2.05, 4.69) is 28.2 Å². The number of methoxy groups -OCH3 is 1. The number of nitrogens with one attached hydrogen (secondary N) is 1. The largest absolute Gasteiger partial charge is 0.468 e. The van der Waals surface area contributed by atoms with Crippen molar-refractivity contribution in [2.75, 3.05) is 7.11 Å². The number of rotatable bonds is 5. The molecule has 0 aliphatic carbocycles. The molecule has 5 heteroatoms. The number of hydrogen-bond acceptors (Lipinski definition) is 3. The number of carbonyl (C=O) groups is 1. The number of hydrogen-bond donors (Lipinski definition) is 1. The summed E-state index contributed by atoms with van der Waals surface area (Å²) in [6.07, 6.45) is 0.918. The molecule has 0 spiro atoms. The molecule has 0 fully saturated rings. The Labute approximate surface area is 121 Å². The highest BCUT2D eigenvalue weighted by Crippen LogP contribution is 2.27. The van der Waals surface area contributed by atoms with Crippen LogP contribution in [0.15, 0.2) is 22.7 Å². The second kappa shape index (κ2) is 7.12. The van der Waals surface area contributed by atoms with Crippen LogP contribution in [0.3, 0.4) is 0 Å². The number of esters is 1. The molecule has 2 atom stereocenters. The van der Waals surface area contributed by atoms with Crippen LogP contribution in [0.4, 0.5) is 0 Å². The van der Waals surface area contributed by atoms with E-state index in [0.717, 1.165) is 16.5 Å². The molecule has 0 amide bonds. The fraction of sp³-hybridized carbons (Fsp3) is 0.462. The molecule has 0 heterocycles. The van der Waals surface area contributed by atoms with Gasteiger partial charge in [0.2, 0.25) is 0 Å². The monoisotopic (exact) mass is 333 g/mol. The van der Waals surface area contributed by atoms with Crippen LogP contribution in [0.25, 0.3) is 0 Å². The zero-order chi connectivity index (χ0) is 13.7. The highest BCUT2D eigenvalue weighted by molar-refractivity contribution is 9.10. The van der Waals surface area contributed by atoms with Gasteiger partial charge in [0.1, 0.15) is 6.04 Å². The maximum Gasteiger partial charge on any atom is 0.327 e. The fourth-order valence-electron chi connectivity index (χ4n) is 1.54. The molecule has 0 aliphatic heterocycles. The number of halogens is 2. The fourth-order valence-corrected chi connectivity index (χ4v) is 2.32. The summed E-state index contributed by atoms with van der Waals surface area (Å²) in [7, 11) is 1.38. The van der Waals surface area contributed by atoms with Crippen molar-refractivity contribution in [1.29, 1.82) is 0 Å².